The average molecular weight is 287 g/mol. The van der Waals surface area contributed by atoms with Crippen LogP contribution in [0.25, 0.3) is 0 Å². The Morgan fingerprint density at radius 1 is 1.19 bits per heavy atom. The van der Waals surface area contributed by atoms with Gasteiger partial charge in [0, 0.05) is 18.7 Å². The molecule has 1 aromatic heterocycles. The second kappa shape index (κ2) is 6.21. The van der Waals surface area contributed by atoms with Crippen molar-refractivity contribution >= 4 is 17.4 Å². The predicted molar refractivity (Wildman–Crippen MR) is 78.5 cm³/mol. The van der Waals surface area contributed by atoms with Crippen molar-refractivity contribution in [3.05, 3.63) is 47.3 Å². The standard InChI is InChI=1S/C15H17N3O3/c1-3-18(4-2)12-11(15(16)20)17-21-14(12)13(19)10-8-6-5-7-9-10/h5-9H,3-4H2,1-2H3,(H2,16,20). The van der Waals surface area contributed by atoms with Crippen molar-refractivity contribution in [2.45, 2.75) is 13.8 Å². The molecule has 110 valence electrons. The van der Waals surface area contributed by atoms with Crippen LogP contribution in [-0.2, 0) is 0 Å². The lowest BCUT2D eigenvalue weighted by molar-refractivity contribution is 0.0979. The minimum absolute atomic E-state index is 0.0158. The normalized spacial score (nSPS) is 10.4. The number of hydrogen-bond acceptors (Lipinski definition) is 5. The van der Waals surface area contributed by atoms with E-state index in [1.54, 1.807) is 24.3 Å². The molecule has 1 heterocycles. The van der Waals surface area contributed by atoms with Crippen LogP contribution in [-0.4, -0.2) is 29.9 Å². The van der Waals surface area contributed by atoms with Crippen LogP contribution in [0, 0.1) is 0 Å². The van der Waals surface area contributed by atoms with Crippen molar-refractivity contribution in [1.82, 2.24) is 5.16 Å². The highest BCUT2D eigenvalue weighted by molar-refractivity contribution is 6.13. The first-order chi connectivity index (χ1) is 10.1. The monoisotopic (exact) mass is 287 g/mol. The Kier molecular flexibility index (Phi) is 4.37. The third kappa shape index (κ3) is 2.79. The molecular weight excluding hydrogens is 270 g/mol. The van der Waals surface area contributed by atoms with Gasteiger partial charge >= 0.3 is 0 Å². The SMILES string of the molecule is CCN(CC)c1c(C(N)=O)noc1C(=O)c1ccccc1. The minimum atomic E-state index is -0.715. The van der Waals surface area contributed by atoms with Gasteiger partial charge in [0.2, 0.25) is 11.5 Å². The second-order valence-electron chi connectivity index (χ2n) is 4.44. The van der Waals surface area contributed by atoms with Gasteiger partial charge in [-0.3, -0.25) is 9.59 Å². The van der Waals surface area contributed by atoms with E-state index in [2.05, 4.69) is 5.16 Å². The maximum absolute atomic E-state index is 12.5. The molecule has 2 N–H and O–H groups in total. The number of primary amides is 1. The van der Waals surface area contributed by atoms with Crippen LogP contribution in [0.2, 0.25) is 0 Å². The fourth-order valence-electron chi connectivity index (χ4n) is 2.15. The number of hydrogen-bond donors (Lipinski definition) is 1. The number of ketones is 1. The van der Waals surface area contributed by atoms with E-state index in [4.69, 9.17) is 10.3 Å². The summed E-state index contributed by atoms with van der Waals surface area (Å²) in [6.07, 6.45) is 0. The van der Waals surface area contributed by atoms with Gasteiger partial charge in [0.15, 0.2) is 5.69 Å². The number of aromatic nitrogens is 1. The summed E-state index contributed by atoms with van der Waals surface area (Å²) in [5.41, 5.74) is 6.13. The Morgan fingerprint density at radius 3 is 2.33 bits per heavy atom. The van der Waals surface area contributed by atoms with Crippen LogP contribution in [0.3, 0.4) is 0 Å². The molecule has 6 nitrogen and oxygen atoms in total. The summed E-state index contributed by atoms with van der Waals surface area (Å²) in [6, 6.07) is 8.70. The van der Waals surface area contributed by atoms with Gasteiger partial charge in [0.25, 0.3) is 5.91 Å². The summed E-state index contributed by atoms with van der Waals surface area (Å²) in [5, 5.41) is 3.67. The number of nitrogens with zero attached hydrogens (tertiary/aromatic N) is 2. The molecule has 1 aromatic carbocycles. The maximum atomic E-state index is 12.5. The van der Waals surface area contributed by atoms with Crippen LogP contribution in [0.5, 0.6) is 0 Å². The molecule has 0 fully saturated rings. The first-order valence-electron chi connectivity index (χ1n) is 6.74. The topological polar surface area (TPSA) is 89.4 Å². The highest BCUT2D eigenvalue weighted by Crippen LogP contribution is 2.27. The zero-order valence-electron chi connectivity index (χ0n) is 12.0. The summed E-state index contributed by atoms with van der Waals surface area (Å²) in [4.78, 5) is 25.8. The van der Waals surface area contributed by atoms with Gasteiger partial charge in [-0.15, -0.1) is 0 Å². The number of nitrogens with two attached hydrogens (primary N) is 1. The summed E-state index contributed by atoms with van der Waals surface area (Å²) >= 11 is 0. The molecule has 2 aromatic rings. The zero-order valence-corrected chi connectivity index (χ0v) is 12.0. The first-order valence-corrected chi connectivity index (χ1v) is 6.74. The first kappa shape index (κ1) is 14.8. The molecule has 0 spiro atoms. The van der Waals surface area contributed by atoms with Crippen molar-refractivity contribution in [2.75, 3.05) is 18.0 Å². The molecule has 0 aliphatic heterocycles. The molecule has 21 heavy (non-hydrogen) atoms. The molecule has 0 atom stereocenters. The molecule has 0 aliphatic carbocycles. The van der Waals surface area contributed by atoms with Gasteiger partial charge in [0.1, 0.15) is 5.69 Å². The molecule has 0 aliphatic rings. The van der Waals surface area contributed by atoms with Crippen LogP contribution in [0.15, 0.2) is 34.9 Å². The highest BCUT2D eigenvalue weighted by Gasteiger charge is 2.28. The van der Waals surface area contributed by atoms with E-state index in [-0.39, 0.29) is 17.2 Å². The van der Waals surface area contributed by atoms with Crippen molar-refractivity contribution in [3.63, 3.8) is 0 Å². The fraction of sp³-hybridized carbons (Fsp3) is 0.267. The third-order valence-corrected chi connectivity index (χ3v) is 3.22. The Hall–Kier alpha value is -2.63. The summed E-state index contributed by atoms with van der Waals surface area (Å²) in [6.45, 7) is 5.04. The predicted octanol–water partition coefficient (Wildman–Crippen LogP) is 1.85. The Morgan fingerprint density at radius 2 is 1.81 bits per heavy atom. The van der Waals surface area contributed by atoms with Gasteiger partial charge < -0.3 is 15.2 Å². The lowest BCUT2D eigenvalue weighted by Gasteiger charge is -2.20. The molecular formula is C15H17N3O3. The Labute approximate surface area is 122 Å². The molecule has 1 amide bonds. The van der Waals surface area contributed by atoms with Crippen molar-refractivity contribution in [1.29, 1.82) is 0 Å². The number of rotatable bonds is 6. The number of carbonyl (C=O) groups excluding carboxylic acids is 2. The van der Waals surface area contributed by atoms with E-state index >= 15 is 0 Å². The Bertz CT molecular complexity index is 645. The van der Waals surface area contributed by atoms with Crippen LogP contribution >= 0.6 is 0 Å². The molecule has 0 unspecified atom stereocenters. The molecule has 0 radical (unpaired) electrons. The number of carbonyl (C=O) groups is 2. The number of amides is 1. The third-order valence-electron chi connectivity index (χ3n) is 3.22. The number of anilines is 1. The zero-order chi connectivity index (χ0) is 15.4. The molecule has 2 rings (SSSR count). The molecule has 6 heteroatoms. The van der Waals surface area contributed by atoms with E-state index in [9.17, 15) is 9.59 Å². The van der Waals surface area contributed by atoms with E-state index in [1.165, 1.54) is 0 Å². The molecule has 0 bridgehead atoms. The van der Waals surface area contributed by atoms with Gasteiger partial charge in [-0.25, -0.2) is 0 Å². The second-order valence-corrected chi connectivity index (χ2v) is 4.44. The van der Waals surface area contributed by atoms with Gasteiger partial charge in [0.05, 0.1) is 0 Å². The van der Waals surface area contributed by atoms with Crippen molar-refractivity contribution in [2.24, 2.45) is 5.73 Å². The molecule has 0 saturated carbocycles. The van der Waals surface area contributed by atoms with Crippen LogP contribution in [0.4, 0.5) is 5.69 Å². The van der Waals surface area contributed by atoms with E-state index < -0.39 is 5.91 Å². The fourth-order valence-corrected chi connectivity index (χ4v) is 2.15. The maximum Gasteiger partial charge on any atom is 0.273 e. The smallest absolute Gasteiger partial charge is 0.273 e. The van der Waals surface area contributed by atoms with Gasteiger partial charge in [-0.2, -0.15) is 0 Å². The molecule has 0 saturated heterocycles. The summed E-state index contributed by atoms with van der Waals surface area (Å²) in [7, 11) is 0. The minimum Gasteiger partial charge on any atom is -0.367 e. The Balaban J connectivity index is 2.54. The quantitative estimate of drug-likeness (QED) is 0.819. The van der Waals surface area contributed by atoms with E-state index in [1.807, 2.05) is 24.8 Å². The summed E-state index contributed by atoms with van der Waals surface area (Å²) < 4.78 is 5.12. The van der Waals surface area contributed by atoms with Gasteiger partial charge in [-0.05, 0) is 13.8 Å². The highest BCUT2D eigenvalue weighted by atomic mass is 16.5. The van der Waals surface area contributed by atoms with Crippen molar-refractivity contribution in [3.8, 4) is 0 Å². The van der Waals surface area contributed by atoms with Crippen LogP contribution in [0.1, 0.15) is 40.5 Å². The largest absolute Gasteiger partial charge is 0.367 e. The summed E-state index contributed by atoms with van der Waals surface area (Å²) in [5.74, 6) is -0.996. The van der Waals surface area contributed by atoms with Crippen molar-refractivity contribution < 1.29 is 14.1 Å². The van der Waals surface area contributed by atoms with E-state index in [0.29, 0.717) is 24.3 Å². The van der Waals surface area contributed by atoms with Gasteiger partial charge in [-0.1, -0.05) is 35.5 Å². The van der Waals surface area contributed by atoms with E-state index in [0.717, 1.165) is 0 Å². The number of benzene rings is 1. The van der Waals surface area contributed by atoms with Crippen LogP contribution < -0.4 is 10.6 Å². The lowest BCUT2D eigenvalue weighted by atomic mass is 10.1. The lowest BCUT2D eigenvalue weighted by Crippen LogP contribution is -2.27. The average Bonchev–Trinajstić information content (AvgIpc) is 2.94.